The molecule has 0 saturated heterocycles. The highest BCUT2D eigenvalue weighted by Gasteiger charge is 2.06. The molecule has 18 heavy (non-hydrogen) atoms. The van der Waals surface area contributed by atoms with Crippen LogP contribution in [0.5, 0.6) is 5.75 Å². The Kier molecular flexibility index (Phi) is 3.99. The third-order valence-corrected chi connectivity index (χ3v) is 2.91. The van der Waals surface area contributed by atoms with Crippen molar-refractivity contribution in [3.8, 4) is 5.75 Å². The van der Waals surface area contributed by atoms with Gasteiger partial charge in [0, 0.05) is 12.7 Å². The van der Waals surface area contributed by atoms with Crippen molar-refractivity contribution >= 4 is 23.1 Å². The molecule has 0 fully saturated rings. The summed E-state index contributed by atoms with van der Waals surface area (Å²) < 4.78 is 5.12. The molecule has 2 rings (SSSR count). The fourth-order valence-electron chi connectivity index (χ4n) is 1.53. The number of halogens is 1. The Bertz CT molecular complexity index is 451. The largest absolute Gasteiger partial charge is 0.497 e. The van der Waals surface area contributed by atoms with Crippen LogP contribution in [0.15, 0.2) is 36.7 Å². The molecule has 94 valence electrons. The molecule has 0 aliphatic heterocycles. The van der Waals surface area contributed by atoms with Gasteiger partial charge in [-0.05, 0) is 24.3 Å². The molecule has 1 heterocycles. The molecule has 0 saturated carbocycles. The number of nitrogens with zero attached hydrogens (tertiary/aromatic N) is 3. The third-order valence-electron chi connectivity index (χ3n) is 2.63. The lowest BCUT2D eigenvalue weighted by Gasteiger charge is -2.18. The van der Waals surface area contributed by atoms with Crippen molar-refractivity contribution in [3.05, 3.63) is 42.4 Å². The zero-order valence-electron chi connectivity index (χ0n) is 10.3. The minimum atomic E-state index is 0.375. The van der Waals surface area contributed by atoms with Crippen LogP contribution in [0.3, 0.4) is 0 Å². The average molecular weight is 264 g/mol. The van der Waals surface area contributed by atoms with E-state index in [1.165, 1.54) is 0 Å². The fraction of sp³-hybridized carbons (Fsp3) is 0.231. The van der Waals surface area contributed by atoms with E-state index in [4.69, 9.17) is 16.3 Å². The molecule has 0 radical (unpaired) electrons. The molecule has 0 bridgehead atoms. The van der Waals surface area contributed by atoms with Crippen LogP contribution >= 0.6 is 11.6 Å². The number of methoxy groups -OCH3 is 1. The summed E-state index contributed by atoms with van der Waals surface area (Å²) in [5, 5.41) is 0. The van der Waals surface area contributed by atoms with Gasteiger partial charge < -0.3 is 9.64 Å². The number of benzene rings is 1. The van der Waals surface area contributed by atoms with Gasteiger partial charge in [0.15, 0.2) is 5.82 Å². The van der Waals surface area contributed by atoms with E-state index in [0.717, 1.165) is 22.9 Å². The van der Waals surface area contributed by atoms with E-state index in [2.05, 4.69) is 9.97 Å². The first-order chi connectivity index (χ1) is 8.74. The second-order valence-corrected chi connectivity index (χ2v) is 4.02. The van der Waals surface area contributed by atoms with E-state index < -0.39 is 0 Å². The van der Waals surface area contributed by atoms with Gasteiger partial charge in [0.25, 0.3) is 0 Å². The SMILES string of the molecule is COc1ccc(N(C)c2cnc(CCl)cn2)cc1. The van der Waals surface area contributed by atoms with Gasteiger partial charge in [-0.3, -0.25) is 4.98 Å². The van der Waals surface area contributed by atoms with Crippen LogP contribution in [0, 0.1) is 0 Å². The van der Waals surface area contributed by atoms with Crippen molar-refractivity contribution in [2.24, 2.45) is 0 Å². The number of anilines is 2. The average Bonchev–Trinajstić information content (AvgIpc) is 2.47. The van der Waals surface area contributed by atoms with Crippen LogP contribution in [-0.4, -0.2) is 24.1 Å². The van der Waals surface area contributed by atoms with E-state index in [1.807, 2.05) is 36.2 Å². The number of ether oxygens (including phenoxy) is 1. The number of alkyl halides is 1. The molecule has 0 amide bonds. The van der Waals surface area contributed by atoms with Gasteiger partial charge in [0.1, 0.15) is 5.75 Å². The standard InChI is InChI=1S/C13H14ClN3O/c1-17(11-3-5-12(18-2)6-4-11)13-9-15-10(7-14)8-16-13/h3-6,8-9H,7H2,1-2H3. The van der Waals surface area contributed by atoms with E-state index in [9.17, 15) is 0 Å². The predicted octanol–water partition coefficient (Wildman–Crippen LogP) is 2.99. The highest BCUT2D eigenvalue weighted by molar-refractivity contribution is 6.16. The molecule has 0 aliphatic carbocycles. The molecule has 2 aromatic rings. The predicted molar refractivity (Wildman–Crippen MR) is 72.6 cm³/mol. The van der Waals surface area contributed by atoms with E-state index >= 15 is 0 Å². The summed E-state index contributed by atoms with van der Waals surface area (Å²) in [6.07, 6.45) is 3.39. The monoisotopic (exact) mass is 263 g/mol. The van der Waals surface area contributed by atoms with E-state index in [-0.39, 0.29) is 0 Å². The Labute approximate surface area is 111 Å². The maximum atomic E-state index is 5.68. The summed E-state index contributed by atoms with van der Waals surface area (Å²) in [5.41, 5.74) is 1.78. The van der Waals surface area contributed by atoms with Crippen molar-refractivity contribution in [2.45, 2.75) is 5.88 Å². The maximum Gasteiger partial charge on any atom is 0.151 e. The van der Waals surface area contributed by atoms with Crippen molar-refractivity contribution in [1.29, 1.82) is 0 Å². The zero-order valence-corrected chi connectivity index (χ0v) is 11.1. The van der Waals surface area contributed by atoms with Gasteiger partial charge in [0.05, 0.1) is 31.1 Å². The van der Waals surface area contributed by atoms with Crippen LogP contribution in [0.2, 0.25) is 0 Å². The molecular formula is C13H14ClN3O. The lowest BCUT2D eigenvalue weighted by Crippen LogP contribution is -2.11. The van der Waals surface area contributed by atoms with Gasteiger partial charge in [0.2, 0.25) is 0 Å². The first-order valence-electron chi connectivity index (χ1n) is 5.49. The number of hydrogen-bond acceptors (Lipinski definition) is 4. The molecule has 0 aliphatic rings. The zero-order chi connectivity index (χ0) is 13.0. The highest BCUT2D eigenvalue weighted by atomic mass is 35.5. The molecule has 1 aromatic carbocycles. The first kappa shape index (κ1) is 12.6. The summed E-state index contributed by atoms with van der Waals surface area (Å²) in [4.78, 5) is 10.5. The van der Waals surface area contributed by atoms with Gasteiger partial charge in [-0.1, -0.05) is 0 Å². The Morgan fingerprint density at radius 1 is 1.17 bits per heavy atom. The molecule has 0 N–H and O–H groups in total. The van der Waals surface area contributed by atoms with Crippen LogP contribution in [0.25, 0.3) is 0 Å². The fourth-order valence-corrected chi connectivity index (χ4v) is 1.67. The van der Waals surface area contributed by atoms with Crippen LogP contribution in [0.4, 0.5) is 11.5 Å². The minimum Gasteiger partial charge on any atom is -0.497 e. The van der Waals surface area contributed by atoms with E-state index in [0.29, 0.717) is 5.88 Å². The van der Waals surface area contributed by atoms with Gasteiger partial charge >= 0.3 is 0 Å². The molecule has 0 unspecified atom stereocenters. The Morgan fingerprint density at radius 3 is 2.39 bits per heavy atom. The normalized spacial score (nSPS) is 10.2. The highest BCUT2D eigenvalue weighted by Crippen LogP contribution is 2.23. The quantitative estimate of drug-likeness (QED) is 0.795. The van der Waals surface area contributed by atoms with Gasteiger partial charge in [-0.15, -0.1) is 11.6 Å². The Hall–Kier alpha value is -1.81. The van der Waals surface area contributed by atoms with E-state index in [1.54, 1.807) is 19.5 Å². The second kappa shape index (κ2) is 5.69. The lowest BCUT2D eigenvalue weighted by atomic mass is 10.3. The minimum absolute atomic E-state index is 0.375. The molecule has 5 heteroatoms. The second-order valence-electron chi connectivity index (χ2n) is 3.76. The first-order valence-corrected chi connectivity index (χ1v) is 6.02. The van der Waals surface area contributed by atoms with Crippen molar-refractivity contribution in [1.82, 2.24) is 9.97 Å². The van der Waals surface area contributed by atoms with Crippen molar-refractivity contribution in [3.63, 3.8) is 0 Å². The smallest absolute Gasteiger partial charge is 0.151 e. The van der Waals surface area contributed by atoms with Crippen LogP contribution < -0.4 is 9.64 Å². The topological polar surface area (TPSA) is 38.2 Å². The molecule has 0 spiro atoms. The lowest BCUT2D eigenvalue weighted by molar-refractivity contribution is 0.415. The summed E-state index contributed by atoms with van der Waals surface area (Å²) in [7, 11) is 3.58. The summed E-state index contributed by atoms with van der Waals surface area (Å²) in [6, 6.07) is 7.75. The van der Waals surface area contributed by atoms with Crippen molar-refractivity contribution < 1.29 is 4.74 Å². The van der Waals surface area contributed by atoms with Crippen molar-refractivity contribution in [2.75, 3.05) is 19.1 Å². The number of hydrogen-bond donors (Lipinski definition) is 0. The summed E-state index contributed by atoms with van der Waals surface area (Å²) >= 11 is 5.68. The number of rotatable bonds is 4. The van der Waals surface area contributed by atoms with Crippen LogP contribution in [-0.2, 0) is 5.88 Å². The maximum absolute atomic E-state index is 5.68. The summed E-state index contributed by atoms with van der Waals surface area (Å²) in [5.74, 6) is 1.98. The van der Waals surface area contributed by atoms with Crippen LogP contribution in [0.1, 0.15) is 5.69 Å². The molecule has 1 aromatic heterocycles. The van der Waals surface area contributed by atoms with Gasteiger partial charge in [-0.25, -0.2) is 4.98 Å². The molecular weight excluding hydrogens is 250 g/mol. The number of aromatic nitrogens is 2. The third kappa shape index (κ3) is 2.71. The Morgan fingerprint density at radius 2 is 1.89 bits per heavy atom. The summed E-state index contributed by atoms with van der Waals surface area (Å²) in [6.45, 7) is 0. The Balaban J connectivity index is 2.20. The molecule has 4 nitrogen and oxygen atoms in total. The van der Waals surface area contributed by atoms with Gasteiger partial charge in [-0.2, -0.15) is 0 Å². The molecule has 0 atom stereocenters.